The first-order chi connectivity index (χ1) is 6.68. The molecule has 0 aliphatic carbocycles. The number of pyridine rings is 1. The van der Waals surface area contributed by atoms with E-state index in [1.807, 2.05) is 18.3 Å². The fraction of sp³-hybridized carbons (Fsp3) is 0.455. The third-order valence-corrected chi connectivity index (χ3v) is 1.77. The molecular weight excluding hydrogens is 174 g/mol. The van der Waals surface area contributed by atoms with E-state index in [9.17, 15) is 0 Å². The van der Waals surface area contributed by atoms with Crippen LogP contribution in [0.4, 0.5) is 0 Å². The van der Waals surface area contributed by atoms with Gasteiger partial charge in [-0.2, -0.15) is 0 Å². The fourth-order valence-electron chi connectivity index (χ4n) is 1.07. The molecule has 0 aliphatic heterocycles. The number of aromatic nitrogens is 1. The SMILES string of the molecule is CC(C)CN=C(N)Cc1cccnc1. The standard InChI is InChI=1S/C11H17N3/c1-9(2)7-14-11(12)6-10-4-3-5-13-8-10/h3-5,8-9H,6-7H2,1-2H3,(H2,12,14). The minimum Gasteiger partial charge on any atom is -0.387 e. The van der Waals surface area contributed by atoms with E-state index in [0.29, 0.717) is 18.2 Å². The van der Waals surface area contributed by atoms with Crippen molar-refractivity contribution in [2.45, 2.75) is 20.3 Å². The third kappa shape index (κ3) is 4.03. The molecule has 76 valence electrons. The van der Waals surface area contributed by atoms with Gasteiger partial charge in [0, 0.05) is 25.4 Å². The van der Waals surface area contributed by atoms with Crippen LogP contribution in [-0.2, 0) is 6.42 Å². The average molecular weight is 191 g/mol. The summed E-state index contributed by atoms with van der Waals surface area (Å²) in [6.45, 7) is 5.05. The van der Waals surface area contributed by atoms with E-state index in [-0.39, 0.29) is 0 Å². The number of nitrogens with zero attached hydrogens (tertiary/aromatic N) is 2. The average Bonchev–Trinajstić information content (AvgIpc) is 2.16. The number of amidine groups is 1. The normalized spacial score (nSPS) is 12.1. The predicted molar refractivity (Wildman–Crippen MR) is 59.3 cm³/mol. The molecule has 0 saturated carbocycles. The van der Waals surface area contributed by atoms with Crippen LogP contribution in [0.3, 0.4) is 0 Å². The van der Waals surface area contributed by atoms with Crippen LogP contribution in [0.25, 0.3) is 0 Å². The number of hydrogen-bond donors (Lipinski definition) is 1. The Labute approximate surface area is 85.1 Å². The summed E-state index contributed by atoms with van der Waals surface area (Å²) >= 11 is 0. The van der Waals surface area contributed by atoms with Gasteiger partial charge in [0.2, 0.25) is 0 Å². The van der Waals surface area contributed by atoms with Crippen LogP contribution in [0.5, 0.6) is 0 Å². The lowest BCUT2D eigenvalue weighted by atomic mass is 10.2. The lowest BCUT2D eigenvalue weighted by molar-refractivity contribution is 0.664. The van der Waals surface area contributed by atoms with Crippen LogP contribution in [0.15, 0.2) is 29.5 Å². The van der Waals surface area contributed by atoms with Crippen molar-refractivity contribution in [1.82, 2.24) is 4.98 Å². The highest BCUT2D eigenvalue weighted by Crippen LogP contribution is 1.98. The van der Waals surface area contributed by atoms with Gasteiger partial charge in [0.1, 0.15) is 0 Å². The van der Waals surface area contributed by atoms with E-state index >= 15 is 0 Å². The summed E-state index contributed by atoms with van der Waals surface area (Å²) in [5, 5.41) is 0. The molecule has 1 aromatic heterocycles. The molecule has 0 radical (unpaired) electrons. The van der Waals surface area contributed by atoms with Crippen molar-refractivity contribution >= 4 is 5.84 Å². The summed E-state index contributed by atoms with van der Waals surface area (Å²) in [6, 6.07) is 3.91. The van der Waals surface area contributed by atoms with Crippen molar-refractivity contribution < 1.29 is 0 Å². The van der Waals surface area contributed by atoms with Crippen molar-refractivity contribution in [2.75, 3.05) is 6.54 Å². The van der Waals surface area contributed by atoms with Crippen molar-refractivity contribution in [3.05, 3.63) is 30.1 Å². The molecule has 1 aromatic rings. The summed E-state index contributed by atoms with van der Waals surface area (Å²) < 4.78 is 0. The van der Waals surface area contributed by atoms with Crippen LogP contribution in [0.2, 0.25) is 0 Å². The van der Waals surface area contributed by atoms with Crippen molar-refractivity contribution in [3.8, 4) is 0 Å². The highest BCUT2D eigenvalue weighted by molar-refractivity contribution is 5.82. The molecule has 1 rings (SSSR count). The molecule has 0 spiro atoms. The number of nitrogens with two attached hydrogens (primary N) is 1. The van der Waals surface area contributed by atoms with E-state index in [4.69, 9.17) is 5.73 Å². The Morgan fingerprint density at radius 2 is 2.36 bits per heavy atom. The topological polar surface area (TPSA) is 51.3 Å². The molecule has 3 nitrogen and oxygen atoms in total. The second kappa shape index (κ2) is 5.37. The highest BCUT2D eigenvalue weighted by atomic mass is 14.8. The first-order valence-electron chi connectivity index (χ1n) is 4.86. The molecular formula is C11H17N3. The molecule has 0 aromatic carbocycles. The van der Waals surface area contributed by atoms with Crippen molar-refractivity contribution in [3.63, 3.8) is 0 Å². The van der Waals surface area contributed by atoms with Crippen LogP contribution >= 0.6 is 0 Å². The summed E-state index contributed by atoms with van der Waals surface area (Å²) in [5.41, 5.74) is 6.89. The highest BCUT2D eigenvalue weighted by Gasteiger charge is 1.97. The predicted octanol–water partition coefficient (Wildman–Crippen LogP) is 1.64. The number of aliphatic imine (C=N–C) groups is 1. The Morgan fingerprint density at radius 3 is 2.93 bits per heavy atom. The van der Waals surface area contributed by atoms with E-state index in [1.165, 1.54) is 0 Å². The lowest BCUT2D eigenvalue weighted by Crippen LogP contribution is -2.16. The van der Waals surface area contributed by atoms with Crippen molar-refractivity contribution in [1.29, 1.82) is 0 Å². The smallest absolute Gasteiger partial charge is 0.0982 e. The summed E-state index contributed by atoms with van der Waals surface area (Å²) in [7, 11) is 0. The van der Waals surface area contributed by atoms with Crippen LogP contribution < -0.4 is 5.73 Å². The molecule has 1 heterocycles. The zero-order valence-corrected chi connectivity index (χ0v) is 8.77. The molecule has 3 heteroatoms. The Morgan fingerprint density at radius 1 is 1.57 bits per heavy atom. The largest absolute Gasteiger partial charge is 0.387 e. The first-order valence-corrected chi connectivity index (χ1v) is 4.86. The van der Waals surface area contributed by atoms with Gasteiger partial charge < -0.3 is 5.73 Å². The van der Waals surface area contributed by atoms with E-state index < -0.39 is 0 Å². The molecule has 14 heavy (non-hydrogen) atoms. The van der Waals surface area contributed by atoms with Crippen LogP contribution in [0.1, 0.15) is 19.4 Å². The van der Waals surface area contributed by atoms with Crippen LogP contribution in [0, 0.1) is 5.92 Å². The second-order valence-corrected chi connectivity index (χ2v) is 3.76. The maximum absolute atomic E-state index is 5.78. The Kier molecular flexibility index (Phi) is 4.11. The van der Waals surface area contributed by atoms with Gasteiger partial charge in [-0.1, -0.05) is 19.9 Å². The molecule has 0 atom stereocenters. The van der Waals surface area contributed by atoms with Gasteiger partial charge in [-0.05, 0) is 17.5 Å². The minimum absolute atomic E-state index is 0.558. The third-order valence-electron chi connectivity index (χ3n) is 1.77. The van der Waals surface area contributed by atoms with Gasteiger partial charge in [-0.25, -0.2) is 0 Å². The molecule has 0 bridgehead atoms. The van der Waals surface area contributed by atoms with E-state index in [1.54, 1.807) is 6.20 Å². The Bertz CT molecular complexity index is 291. The second-order valence-electron chi connectivity index (χ2n) is 3.76. The van der Waals surface area contributed by atoms with E-state index in [2.05, 4.69) is 23.8 Å². The molecule has 0 unspecified atom stereocenters. The molecule has 2 N–H and O–H groups in total. The maximum Gasteiger partial charge on any atom is 0.0982 e. The van der Waals surface area contributed by atoms with Crippen LogP contribution in [-0.4, -0.2) is 17.4 Å². The fourth-order valence-corrected chi connectivity index (χ4v) is 1.07. The van der Waals surface area contributed by atoms with Gasteiger partial charge >= 0.3 is 0 Å². The van der Waals surface area contributed by atoms with E-state index in [0.717, 1.165) is 12.1 Å². The minimum atomic E-state index is 0.558. The number of rotatable bonds is 4. The van der Waals surface area contributed by atoms with Gasteiger partial charge in [0.25, 0.3) is 0 Å². The van der Waals surface area contributed by atoms with Gasteiger partial charge in [0.15, 0.2) is 0 Å². The molecule has 0 fully saturated rings. The van der Waals surface area contributed by atoms with Crippen molar-refractivity contribution in [2.24, 2.45) is 16.6 Å². The monoisotopic (exact) mass is 191 g/mol. The summed E-state index contributed by atoms with van der Waals surface area (Å²) in [4.78, 5) is 8.31. The number of hydrogen-bond acceptors (Lipinski definition) is 2. The summed E-state index contributed by atoms with van der Waals surface area (Å²) in [6.07, 6.45) is 4.27. The van der Waals surface area contributed by atoms with Gasteiger partial charge in [-0.15, -0.1) is 0 Å². The molecule has 0 amide bonds. The lowest BCUT2D eigenvalue weighted by Gasteiger charge is -2.02. The first kappa shape index (κ1) is 10.7. The summed E-state index contributed by atoms with van der Waals surface area (Å²) in [5.74, 6) is 1.24. The molecule has 0 saturated heterocycles. The molecule has 0 aliphatic rings. The zero-order valence-electron chi connectivity index (χ0n) is 8.77. The Hall–Kier alpha value is -1.38. The maximum atomic E-state index is 5.78. The van der Waals surface area contributed by atoms with Gasteiger partial charge in [-0.3, -0.25) is 9.98 Å². The quantitative estimate of drug-likeness (QED) is 0.581. The van der Waals surface area contributed by atoms with Gasteiger partial charge in [0.05, 0.1) is 5.84 Å². The Balaban J connectivity index is 2.49. The zero-order chi connectivity index (χ0) is 10.4.